The summed E-state index contributed by atoms with van der Waals surface area (Å²) < 4.78 is 0. The molecule has 2 unspecified atom stereocenters. The molecule has 1 heterocycles. The highest BCUT2D eigenvalue weighted by Crippen LogP contribution is 2.27. The standard InChI is InChI=1S/C15H20N4O3/c1-17-15(22)18-14(21)12(10-5-3-2-4-6-10)19-8-7-11(9-19)13(16)20/h2-6,11-12H,7-9H2,1H3,(H2,16,20)(H2,17,18,21,22). The summed E-state index contributed by atoms with van der Waals surface area (Å²) >= 11 is 0. The zero-order chi connectivity index (χ0) is 16.1. The van der Waals surface area contributed by atoms with Crippen LogP contribution in [0.15, 0.2) is 30.3 Å². The van der Waals surface area contributed by atoms with Crippen LogP contribution in [0, 0.1) is 5.92 Å². The zero-order valence-electron chi connectivity index (χ0n) is 12.4. The normalized spacial score (nSPS) is 19.4. The molecular weight excluding hydrogens is 284 g/mol. The van der Waals surface area contributed by atoms with E-state index in [-0.39, 0.29) is 11.8 Å². The van der Waals surface area contributed by atoms with Crippen LogP contribution < -0.4 is 16.4 Å². The van der Waals surface area contributed by atoms with E-state index in [1.165, 1.54) is 7.05 Å². The third kappa shape index (κ3) is 3.62. The van der Waals surface area contributed by atoms with Crippen molar-refractivity contribution in [1.29, 1.82) is 0 Å². The molecule has 22 heavy (non-hydrogen) atoms. The van der Waals surface area contributed by atoms with Crippen LogP contribution >= 0.6 is 0 Å². The van der Waals surface area contributed by atoms with Crippen LogP contribution in [0.4, 0.5) is 4.79 Å². The number of primary amides is 1. The van der Waals surface area contributed by atoms with Gasteiger partial charge in [-0.05, 0) is 12.0 Å². The van der Waals surface area contributed by atoms with Gasteiger partial charge in [0, 0.05) is 20.1 Å². The first kappa shape index (κ1) is 16.0. The molecular formula is C15H20N4O3. The number of hydrogen-bond donors (Lipinski definition) is 3. The first-order valence-corrected chi connectivity index (χ1v) is 7.13. The fraction of sp³-hybridized carbons (Fsp3) is 0.400. The predicted molar refractivity (Wildman–Crippen MR) is 80.7 cm³/mol. The van der Waals surface area contributed by atoms with E-state index < -0.39 is 18.0 Å². The maximum absolute atomic E-state index is 12.4. The lowest BCUT2D eigenvalue weighted by atomic mass is 10.0. The average Bonchev–Trinajstić information content (AvgIpc) is 2.98. The molecule has 0 saturated carbocycles. The van der Waals surface area contributed by atoms with Crippen molar-refractivity contribution in [3.05, 3.63) is 35.9 Å². The largest absolute Gasteiger partial charge is 0.369 e. The second-order valence-corrected chi connectivity index (χ2v) is 5.26. The van der Waals surface area contributed by atoms with Gasteiger partial charge in [0.25, 0.3) is 0 Å². The van der Waals surface area contributed by atoms with Gasteiger partial charge in [-0.2, -0.15) is 0 Å². The molecule has 2 rings (SSSR count). The van der Waals surface area contributed by atoms with Crippen LogP contribution in [0.1, 0.15) is 18.0 Å². The van der Waals surface area contributed by atoms with Crippen molar-refractivity contribution in [1.82, 2.24) is 15.5 Å². The third-order valence-corrected chi connectivity index (χ3v) is 3.81. The number of hydrogen-bond acceptors (Lipinski definition) is 4. The summed E-state index contributed by atoms with van der Waals surface area (Å²) in [5.41, 5.74) is 6.12. The number of likely N-dealkylation sites (tertiary alicyclic amines) is 1. The summed E-state index contributed by atoms with van der Waals surface area (Å²) in [5, 5.41) is 4.66. The lowest BCUT2D eigenvalue weighted by Crippen LogP contribution is -2.45. The van der Waals surface area contributed by atoms with E-state index in [0.717, 1.165) is 5.56 Å². The Kier molecular flexibility index (Phi) is 5.11. The maximum atomic E-state index is 12.4. The minimum atomic E-state index is -0.622. The highest BCUT2D eigenvalue weighted by molar-refractivity contribution is 5.97. The Morgan fingerprint density at radius 3 is 2.50 bits per heavy atom. The molecule has 0 aliphatic carbocycles. The SMILES string of the molecule is CNC(=O)NC(=O)C(c1ccccc1)N1CCC(C(N)=O)C1. The van der Waals surface area contributed by atoms with Crippen LogP contribution in [0.3, 0.4) is 0 Å². The number of nitrogens with zero attached hydrogens (tertiary/aromatic N) is 1. The van der Waals surface area contributed by atoms with E-state index in [1.54, 1.807) is 0 Å². The first-order chi connectivity index (χ1) is 10.5. The highest BCUT2D eigenvalue weighted by Gasteiger charge is 2.35. The van der Waals surface area contributed by atoms with E-state index >= 15 is 0 Å². The van der Waals surface area contributed by atoms with E-state index in [9.17, 15) is 14.4 Å². The molecule has 0 spiro atoms. The lowest BCUT2D eigenvalue weighted by Gasteiger charge is -2.26. The summed E-state index contributed by atoms with van der Waals surface area (Å²) in [6.07, 6.45) is 0.617. The van der Waals surface area contributed by atoms with Gasteiger partial charge >= 0.3 is 6.03 Å². The van der Waals surface area contributed by atoms with Gasteiger partial charge < -0.3 is 11.1 Å². The number of amides is 4. The molecule has 4 amide bonds. The number of urea groups is 1. The molecule has 1 saturated heterocycles. The van der Waals surface area contributed by atoms with Crippen molar-refractivity contribution in [3.8, 4) is 0 Å². The number of nitrogens with one attached hydrogen (secondary N) is 2. The summed E-state index contributed by atoms with van der Waals surface area (Å²) in [6.45, 7) is 0.990. The van der Waals surface area contributed by atoms with Crippen LogP contribution in [-0.2, 0) is 9.59 Å². The summed E-state index contributed by atoms with van der Waals surface area (Å²) in [4.78, 5) is 37.1. The quantitative estimate of drug-likeness (QED) is 0.727. The molecule has 1 aliphatic heterocycles. The zero-order valence-corrected chi connectivity index (χ0v) is 12.4. The van der Waals surface area contributed by atoms with Gasteiger partial charge in [-0.25, -0.2) is 4.79 Å². The van der Waals surface area contributed by atoms with Crippen molar-refractivity contribution in [2.45, 2.75) is 12.5 Å². The van der Waals surface area contributed by atoms with Gasteiger partial charge in [0.1, 0.15) is 6.04 Å². The molecule has 4 N–H and O–H groups in total. The van der Waals surface area contributed by atoms with Crippen LogP contribution in [0.25, 0.3) is 0 Å². The van der Waals surface area contributed by atoms with E-state index in [4.69, 9.17) is 5.73 Å². The fourth-order valence-corrected chi connectivity index (χ4v) is 2.66. The van der Waals surface area contributed by atoms with Gasteiger partial charge in [0.05, 0.1) is 5.92 Å². The minimum Gasteiger partial charge on any atom is -0.369 e. The fourth-order valence-electron chi connectivity index (χ4n) is 2.66. The molecule has 0 bridgehead atoms. The topological polar surface area (TPSA) is 105 Å². The van der Waals surface area contributed by atoms with Gasteiger partial charge in [-0.3, -0.25) is 19.8 Å². The Morgan fingerprint density at radius 1 is 1.27 bits per heavy atom. The Hall–Kier alpha value is -2.41. The van der Waals surface area contributed by atoms with Crippen molar-refractivity contribution in [2.75, 3.05) is 20.1 Å². The molecule has 1 aromatic rings. The molecule has 0 radical (unpaired) electrons. The smallest absolute Gasteiger partial charge is 0.321 e. The van der Waals surface area contributed by atoms with E-state index in [1.807, 2.05) is 35.2 Å². The van der Waals surface area contributed by atoms with Crippen molar-refractivity contribution >= 4 is 17.8 Å². The third-order valence-electron chi connectivity index (χ3n) is 3.81. The van der Waals surface area contributed by atoms with Gasteiger partial charge in [0.15, 0.2) is 0 Å². The molecule has 2 atom stereocenters. The van der Waals surface area contributed by atoms with Crippen molar-refractivity contribution in [3.63, 3.8) is 0 Å². The number of rotatable bonds is 4. The van der Waals surface area contributed by atoms with Gasteiger partial charge in [-0.1, -0.05) is 30.3 Å². The Morgan fingerprint density at radius 2 is 1.95 bits per heavy atom. The lowest BCUT2D eigenvalue weighted by molar-refractivity contribution is -0.126. The maximum Gasteiger partial charge on any atom is 0.321 e. The Balaban J connectivity index is 2.21. The number of imide groups is 1. The second-order valence-electron chi connectivity index (χ2n) is 5.26. The molecule has 0 aromatic heterocycles. The van der Waals surface area contributed by atoms with E-state index in [2.05, 4.69) is 10.6 Å². The molecule has 1 fully saturated rings. The number of nitrogens with two attached hydrogens (primary N) is 1. The average molecular weight is 304 g/mol. The molecule has 7 nitrogen and oxygen atoms in total. The minimum absolute atomic E-state index is 0.265. The van der Waals surface area contributed by atoms with E-state index in [0.29, 0.717) is 19.5 Å². The van der Waals surface area contributed by atoms with Crippen LogP contribution in [0.5, 0.6) is 0 Å². The van der Waals surface area contributed by atoms with Crippen LogP contribution in [-0.4, -0.2) is 42.9 Å². The number of benzene rings is 1. The summed E-state index contributed by atoms with van der Waals surface area (Å²) in [5.74, 6) is -1.05. The number of carbonyl (C=O) groups excluding carboxylic acids is 3. The first-order valence-electron chi connectivity index (χ1n) is 7.13. The molecule has 1 aliphatic rings. The van der Waals surface area contributed by atoms with Crippen LogP contribution in [0.2, 0.25) is 0 Å². The van der Waals surface area contributed by atoms with Gasteiger partial charge in [-0.15, -0.1) is 0 Å². The molecule has 118 valence electrons. The Bertz CT molecular complexity index is 561. The second kappa shape index (κ2) is 7.04. The Labute approximate surface area is 128 Å². The molecule has 7 heteroatoms. The van der Waals surface area contributed by atoms with Crippen molar-refractivity contribution in [2.24, 2.45) is 11.7 Å². The van der Waals surface area contributed by atoms with Crippen molar-refractivity contribution < 1.29 is 14.4 Å². The van der Waals surface area contributed by atoms with Gasteiger partial charge in [0.2, 0.25) is 11.8 Å². The predicted octanol–water partition coefficient (Wildman–Crippen LogP) is -0.00950. The summed E-state index contributed by atoms with van der Waals surface area (Å²) in [7, 11) is 1.44. The number of carbonyl (C=O) groups is 3. The molecule has 1 aromatic carbocycles. The highest BCUT2D eigenvalue weighted by atomic mass is 16.2. The summed E-state index contributed by atoms with van der Waals surface area (Å²) in [6, 6.07) is 7.98. The monoisotopic (exact) mass is 304 g/mol.